The average molecular weight is 235 g/mol. The minimum atomic E-state index is -0.793. The molecule has 4 heteroatoms. The lowest BCUT2D eigenvalue weighted by atomic mass is 9.81. The summed E-state index contributed by atoms with van der Waals surface area (Å²) in [7, 11) is 1.62. The van der Waals surface area contributed by atoms with Crippen LogP contribution in [0.1, 0.15) is 27.2 Å². The van der Waals surface area contributed by atoms with Crippen molar-refractivity contribution in [3.63, 3.8) is 0 Å². The highest BCUT2D eigenvalue weighted by Crippen LogP contribution is 2.40. The monoisotopic (exact) mass is 235 g/mol. The van der Waals surface area contributed by atoms with E-state index >= 15 is 0 Å². The summed E-state index contributed by atoms with van der Waals surface area (Å²) in [6.45, 7) is 5.47. The Balaban J connectivity index is 2.38. The van der Waals surface area contributed by atoms with Crippen LogP contribution in [0.15, 0.2) is 29.0 Å². The van der Waals surface area contributed by atoms with Crippen molar-refractivity contribution in [3.05, 3.63) is 24.0 Å². The highest BCUT2D eigenvalue weighted by atomic mass is 16.6. The van der Waals surface area contributed by atoms with E-state index < -0.39 is 11.0 Å². The molecular weight excluding hydrogens is 218 g/mol. The third-order valence-corrected chi connectivity index (χ3v) is 3.22. The molecule has 0 saturated heterocycles. The van der Waals surface area contributed by atoms with Crippen molar-refractivity contribution >= 4 is 11.9 Å². The van der Waals surface area contributed by atoms with Gasteiger partial charge in [-0.2, -0.15) is 0 Å². The fourth-order valence-corrected chi connectivity index (χ4v) is 2.00. The van der Waals surface area contributed by atoms with E-state index in [4.69, 9.17) is 9.47 Å². The van der Waals surface area contributed by atoms with Gasteiger partial charge in [-0.05, 0) is 33.3 Å². The van der Waals surface area contributed by atoms with Crippen LogP contribution in [0.25, 0.3) is 0 Å². The number of carbonyl (C=O) groups excluding carboxylic acids is 1. The fourth-order valence-electron chi connectivity index (χ4n) is 2.00. The average Bonchev–Trinajstić information content (AvgIpc) is 2.55. The van der Waals surface area contributed by atoms with Crippen LogP contribution in [0.3, 0.4) is 0 Å². The molecule has 0 aromatic rings. The van der Waals surface area contributed by atoms with E-state index in [2.05, 4.69) is 4.99 Å². The number of rotatable bonds is 2. The highest BCUT2D eigenvalue weighted by Gasteiger charge is 2.47. The van der Waals surface area contributed by atoms with Gasteiger partial charge in [0.25, 0.3) is 0 Å². The van der Waals surface area contributed by atoms with Crippen LogP contribution >= 0.6 is 0 Å². The van der Waals surface area contributed by atoms with Crippen molar-refractivity contribution in [1.82, 2.24) is 0 Å². The maximum absolute atomic E-state index is 11.7. The molecule has 1 aliphatic heterocycles. The third kappa shape index (κ3) is 1.77. The van der Waals surface area contributed by atoms with E-state index in [0.717, 1.165) is 12.2 Å². The molecule has 2 rings (SSSR count). The highest BCUT2D eigenvalue weighted by molar-refractivity contribution is 6.03. The summed E-state index contributed by atoms with van der Waals surface area (Å²) < 4.78 is 10.7. The first-order chi connectivity index (χ1) is 7.90. The van der Waals surface area contributed by atoms with Crippen molar-refractivity contribution in [2.24, 2.45) is 10.4 Å². The number of methoxy groups -OCH3 is 1. The molecule has 0 N–H and O–H groups in total. The second-order valence-corrected chi connectivity index (χ2v) is 5.06. The Morgan fingerprint density at radius 2 is 2.12 bits per heavy atom. The van der Waals surface area contributed by atoms with Gasteiger partial charge in [0.2, 0.25) is 5.90 Å². The molecule has 92 valence electrons. The Morgan fingerprint density at radius 3 is 2.65 bits per heavy atom. The fraction of sp³-hybridized carbons (Fsp3) is 0.538. The number of nitrogens with zero attached hydrogens (tertiary/aromatic N) is 1. The van der Waals surface area contributed by atoms with Crippen molar-refractivity contribution in [2.45, 2.75) is 32.7 Å². The molecule has 1 atom stereocenters. The minimum absolute atomic E-state index is 0.307. The summed E-state index contributed by atoms with van der Waals surface area (Å²) in [4.78, 5) is 16.1. The van der Waals surface area contributed by atoms with E-state index in [1.807, 2.05) is 25.2 Å². The van der Waals surface area contributed by atoms with Crippen molar-refractivity contribution in [2.75, 3.05) is 7.11 Å². The molecule has 0 amide bonds. The van der Waals surface area contributed by atoms with Crippen LogP contribution in [-0.2, 0) is 14.3 Å². The van der Waals surface area contributed by atoms with E-state index in [1.54, 1.807) is 21.0 Å². The zero-order valence-corrected chi connectivity index (χ0v) is 10.6. The molecule has 0 bridgehead atoms. The Bertz CT molecular complexity index is 446. The molecule has 4 nitrogen and oxygen atoms in total. The van der Waals surface area contributed by atoms with Crippen LogP contribution in [0.2, 0.25) is 0 Å². The van der Waals surface area contributed by atoms with Crippen molar-refractivity contribution in [1.29, 1.82) is 0 Å². The Hall–Kier alpha value is -1.58. The van der Waals surface area contributed by atoms with Crippen LogP contribution in [0.5, 0.6) is 0 Å². The predicted molar refractivity (Wildman–Crippen MR) is 64.6 cm³/mol. The van der Waals surface area contributed by atoms with Crippen molar-refractivity contribution < 1.29 is 14.3 Å². The number of allylic oxidation sites excluding steroid dienone is 3. The molecule has 0 saturated carbocycles. The lowest BCUT2D eigenvalue weighted by molar-refractivity contribution is -0.138. The standard InChI is InChI=1S/C13H17NO3/c1-12(2)11(15)17-10(14-12)13(3)8-6-5-7-9(13)16-4/h5-7H,8H2,1-4H3. The predicted octanol–water partition coefficient (Wildman–Crippen LogP) is 2.22. The quantitative estimate of drug-likeness (QED) is 0.689. The Kier molecular flexibility index (Phi) is 2.60. The molecule has 1 unspecified atom stereocenters. The van der Waals surface area contributed by atoms with Crippen LogP contribution in [-0.4, -0.2) is 24.5 Å². The lowest BCUT2D eigenvalue weighted by Crippen LogP contribution is -2.32. The molecule has 17 heavy (non-hydrogen) atoms. The van der Waals surface area contributed by atoms with Gasteiger partial charge in [-0.15, -0.1) is 0 Å². The second-order valence-electron chi connectivity index (χ2n) is 5.06. The normalized spacial score (nSPS) is 30.7. The van der Waals surface area contributed by atoms with Gasteiger partial charge in [-0.3, -0.25) is 0 Å². The first-order valence-corrected chi connectivity index (χ1v) is 5.64. The number of cyclic esters (lactones) is 1. The van der Waals surface area contributed by atoms with E-state index in [9.17, 15) is 4.79 Å². The number of hydrogen-bond donors (Lipinski definition) is 0. The summed E-state index contributed by atoms with van der Waals surface area (Å²) in [5.41, 5.74) is -1.27. The number of aliphatic imine (C=N–C) groups is 1. The molecule has 0 aromatic carbocycles. The van der Waals surface area contributed by atoms with Crippen LogP contribution in [0.4, 0.5) is 0 Å². The van der Waals surface area contributed by atoms with E-state index in [1.165, 1.54) is 0 Å². The Labute approximate surface area is 101 Å². The number of hydrogen-bond acceptors (Lipinski definition) is 4. The van der Waals surface area contributed by atoms with E-state index in [0.29, 0.717) is 5.90 Å². The zero-order chi connectivity index (χ0) is 12.7. The molecule has 1 aliphatic carbocycles. The number of esters is 1. The largest absolute Gasteiger partial charge is 0.500 e. The van der Waals surface area contributed by atoms with Gasteiger partial charge in [0.1, 0.15) is 11.2 Å². The third-order valence-electron chi connectivity index (χ3n) is 3.22. The van der Waals surface area contributed by atoms with Gasteiger partial charge in [0.05, 0.1) is 7.11 Å². The smallest absolute Gasteiger partial charge is 0.340 e. The number of ether oxygens (including phenoxy) is 2. The van der Waals surface area contributed by atoms with Gasteiger partial charge in [0, 0.05) is 0 Å². The molecule has 1 heterocycles. The summed E-state index contributed by atoms with van der Waals surface area (Å²) >= 11 is 0. The maximum Gasteiger partial charge on any atom is 0.340 e. The summed E-state index contributed by atoms with van der Waals surface area (Å²) in [6, 6.07) is 0. The summed E-state index contributed by atoms with van der Waals surface area (Å²) in [5.74, 6) is 0.910. The Morgan fingerprint density at radius 1 is 1.41 bits per heavy atom. The molecule has 0 spiro atoms. The van der Waals surface area contributed by atoms with Gasteiger partial charge in [-0.1, -0.05) is 12.2 Å². The van der Waals surface area contributed by atoms with Gasteiger partial charge < -0.3 is 9.47 Å². The first kappa shape index (κ1) is 11.9. The van der Waals surface area contributed by atoms with Crippen molar-refractivity contribution in [3.8, 4) is 0 Å². The van der Waals surface area contributed by atoms with E-state index in [-0.39, 0.29) is 5.97 Å². The molecule has 2 aliphatic rings. The second kappa shape index (κ2) is 3.72. The first-order valence-electron chi connectivity index (χ1n) is 5.64. The topological polar surface area (TPSA) is 47.9 Å². The lowest BCUT2D eigenvalue weighted by Gasteiger charge is -2.30. The molecule has 0 fully saturated rings. The SMILES string of the molecule is COC1=CC=CCC1(C)C1=NC(C)(C)C(=O)O1. The summed E-state index contributed by atoms with van der Waals surface area (Å²) in [6.07, 6.45) is 6.55. The van der Waals surface area contributed by atoms with Gasteiger partial charge in [-0.25, -0.2) is 9.79 Å². The van der Waals surface area contributed by atoms with Crippen LogP contribution in [0, 0.1) is 5.41 Å². The molecular formula is C13H17NO3. The van der Waals surface area contributed by atoms with Gasteiger partial charge >= 0.3 is 5.97 Å². The van der Waals surface area contributed by atoms with Crippen LogP contribution < -0.4 is 0 Å². The van der Waals surface area contributed by atoms with Gasteiger partial charge in [0.15, 0.2) is 5.54 Å². The zero-order valence-electron chi connectivity index (χ0n) is 10.6. The minimum Gasteiger partial charge on any atom is -0.500 e. The maximum atomic E-state index is 11.7. The summed E-state index contributed by atoms with van der Waals surface area (Å²) in [5, 5.41) is 0. The molecule has 0 radical (unpaired) electrons. The molecule has 0 aromatic heterocycles. The number of carbonyl (C=O) groups is 1.